The second-order valence-electron chi connectivity index (χ2n) is 7.67. The summed E-state index contributed by atoms with van der Waals surface area (Å²) in [5.74, 6) is 0.0198. The number of hydrogen-bond acceptors (Lipinski definition) is 7. The molecule has 7 nitrogen and oxygen atoms in total. The fourth-order valence-corrected chi connectivity index (χ4v) is 3.33. The van der Waals surface area contributed by atoms with Crippen molar-refractivity contribution in [3.63, 3.8) is 0 Å². The number of carbonyl (C=O) groups excluding carboxylic acids is 1. The van der Waals surface area contributed by atoms with Crippen molar-refractivity contribution < 1.29 is 33.2 Å². The summed E-state index contributed by atoms with van der Waals surface area (Å²) in [6, 6.07) is 19.2. The van der Waals surface area contributed by atoms with Gasteiger partial charge in [-0.05, 0) is 17.5 Å². The molecule has 0 bridgehead atoms. The third-order valence-corrected chi connectivity index (χ3v) is 5.12. The van der Waals surface area contributed by atoms with E-state index in [9.17, 15) is 4.79 Å². The fourth-order valence-electron chi connectivity index (χ4n) is 3.33. The van der Waals surface area contributed by atoms with Crippen LogP contribution < -0.4 is 0 Å². The lowest BCUT2D eigenvalue weighted by Gasteiger charge is -2.19. The average molecular weight is 485 g/mol. The van der Waals surface area contributed by atoms with Crippen molar-refractivity contribution in [3.8, 4) is 0 Å². The largest absolute Gasteiger partial charge is 0.469 e. The van der Waals surface area contributed by atoms with Gasteiger partial charge < -0.3 is 28.4 Å². The van der Waals surface area contributed by atoms with Gasteiger partial charge in [0.25, 0.3) is 0 Å². The summed E-state index contributed by atoms with van der Waals surface area (Å²) in [7, 11) is 3.15. The van der Waals surface area contributed by atoms with E-state index >= 15 is 0 Å². The molecular weight excluding hydrogens is 448 g/mol. The Balaban J connectivity index is 1.49. The minimum Gasteiger partial charge on any atom is -0.469 e. The van der Waals surface area contributed by atoms with Crippen molar-refractivity contribution in [2.75, 3.05) is 47.4 Å². The molecule has 0 fully saturated rings. The van der Waals surface area contributed by atoms with E-state index in [1.54, 1.807) is 7.11 Å². The molecule has 0 spiro atoms. The zero-order valence-corrected chi connectivity index (χ0v) is 20.6. The lowest BCUT2D eigenvalue weighted by molar-refractivity contribution is -0.140. The molecule has 0 aliphatic heterocycles. The number of ether oxygens (including phenoxy) is 6. The van der Waals surface area contributed by atoms with E-state index in [-0.39, 0.29) is 25.1 Å². The van der Waals surface area contributed by atoms with E-state index in [1.807, 2.05) is 60.7 Å². The molecule has 0 saturated heterocycles. The molecule has 0 aromatic heterocycles. The molecule has 2 atom stereocenters. The topological polar surface area (TPSA) is 72.5 Å². The molecule has 0 N–H and O–H groups in total. The highest BCUT2D eigenvalue weighted by Crippen LogP contribution is 2.25. The van der Waals surface area contributed by atoms with Crippen LogP contribution in [0.15, 0.2) is 85.2 Å². The molecule has 35 heavy (non-hydrogen) atoms. The number of rotatable bonds is 18. The van der Waals surface area contributed by atoms with E-state index < -0.39 is 12.1 Å². The van der Waals surface area contributed by atoms with Crippen LogP contribution in [0.25, 0.3) is 0 Å². The molecule has 7 heteroatoms. The van der Waals surface area contributed by atoms with Crippen molar-refractivity contribution in [2.24, 2.45) is 0 Å². The maximum Gasteiger partial charge on any atom is 0.336 e. The summed E-state index contributed by atoms with van der Waals surface area (Å²) in [4.78, 5) is 12.3. The van der Waals surface area contributed by atoms with Gasteiger partial charge in [0.05, 0.1) is 18.8 Å². The van der Waals surface area contributed by atoms with Crippen molar-refractivity contribution in [1.82, 2.24) is 0 Å². The first-order valence-electron chi connectivity index (χ1n) is 11.6. The first-order valence-corrected chi connectivity index (χ1v) is 11.6. The minimum atomic E-state index is -0.528. The highest BCUT2D eigenvalue weighted by molar-refractivity contribution is 5.89. The number of methoxy groups -OCH3 is 2. The molecule has 0 radical (unpaired) electrons. The molecule has 2 aromatic rings. The Morgan fingerprint density at radius 1 is 0.714 bits per heavy atom. The Hall–Kier alpha value is -2.97. The summed E-state index contributed by atoms with van der Waals surface area (Å²) in [5.41, 5.74) is 2.09. The highest BCUT2D eigenvalue weighted by Gasteiger charge is 2.21. The number of hydrogen-bond donors (Lipinski definition) is 0. The zero-order valence-electron chi connectivity index (χ0n) is 20.6. The summed E-state index contributed by atoms with van der Waals surface area (Å²) in [6.45, 7) is 9.61. The molecule has 0 heterocycles. The Morgan fingerprint density at radius 2 is 1.23 bits per heavy atom. The predicted molar refractivity (Wildman–Crippen MR) is 134 cm³/mol. The van der Waals surface area contributed by atoms with Gasteiger partial charge in [-0.15, -0.1) is 0 Å². The van der Waals surface area contributed by atoms with Gasteiger partial charge in [-0.3, -0.25) is 0 Å². The summed E-state index contributed by atoms with van der Waals surface area (Å²) >= 11 is 0. The van der Waals surface area contributed by atoms with Gasteiger partial charge in [0.15, 0.2) is 6.79 Å². The molecule has 0 aliphatic rings. The third-order valence-electron chi connectivity index (χ3n) is 5.12. The summed E-state index contributed by atoms with van der Waals surface area (Å²) < 4.78 is 32.8. The first kappa shape index (κ1) is 28.3. The van der Waals surface area contributed by atoms with Crippen molar-refractivity contribution in [2.45, 2.75) is 25.0 Å². The van der Waals surface area contributed by atoms with Crippen LogP contribution in [-0.2, 0) is 33.2 Å². The van der Waals surface area contributed by atoms with Gasteiger partial charge >= 0.3 is 5.97 Å². The van der Waals surface area contributed by atoms with E-state index in [0.717, 1.165) is 11.1 Å². The number of benzene rings is 2. The van der Waals surface area contributed by atoms with Crippen LogP contribution in [0.5, 0.6) is 0 Å². The van der Waals surface area contributed by atoms with Gasteiger partial charge in [-0.25, -0.2) is 4.79 Å². The SMILES string of the molecule is C=C(OCOCCCOCCCOC(=O)C(=C)C(OC)c1ccccc1)C(OC)c1ccccc1. The van der Waals surface area contributed by atoms with Crippen LogP contribution in [0.4, 0.5) is 0 Å². The second kappa shape index (κ2) is 16.6. The lowest BCUT2D eigenvalue weighted by atomic mass is 10.0. The van der Waals surface area contributed by atoms with Gasteiger partial charge in [0, 0.05) is 33.9 Å². The van der Waals surface area contributed by atoms with Gasteiger partial charge in [0.2, 0.25) is 0 Å². The van der Waals surface area contributed by atoms with Gasteiger partial charge in [-0.2, -0.15) is 0 Å². The van der Waals surface area contributed by atoms with Crippen LogP contribution in [0.1, 0.15) is 36.2 Å². The molecule has 190 valence electrons. The first-order chi connectivity index (χ1) is 17.1. The summed E-state index contributed by atoms with van der Waals surface area (Å²) in [5, 5.41) is 0. The standard InChI is InChI=1S/C28H36O7/c1-22(26(30-3)24-13-7-5-8-14-24)28(29)34-20-12-18-32-17-11-19-33-21-35-23(2)27(31-4)25-15-9-6-10-16-25/h5-10,13-16,26-27H,1-2,11-12,17-21H2,3-4H3. The second-order valence-corrected chi connectivity index (χ2v) is 7.67. The monoisotopic (exact) mass is 484 g/mol. The Labute approximate surface area is 208 Å². The van der Waals surface area contributed by atoms with Crippen molar-refractivity contribution in [3.05, 3.63) is 96.3 Å². The number of esters is 1. The van der Waals surface area contributed by atoms with Gasteiger partial charge in [-0.1, -0.05) is 73.8 Å². The predicted octanol–water partition coefficient (Wildman–Crippen LogP) is 5.16. The molecular formula is C28H36O7. The van der Waals surface area contributed by atoms with Gasteiger partial charge in [0.1, 0.15) is 18.0 Å². The van der Waals surface area contributed by atoms with Crippen molar-refractivity contribution in [1.29, 1.82) is 0 Å². The normalized spacial score (nSPS) is 12.5. The minimum absolute atomic E-state index is 0.0941. The Morgan fingerprint density at radius 3 is 1.80 bits per heavy atom. The maximum absolute atomic E-state index is 12.3. The van der Waals surface area contributed by atoms with E-state index in [2.05, 4.69) is 13.2 Å². The molecule has 2 aromatic carbocycles. The Bertz CT molecular complexity index is 883. The van der Waals surface area contributed by atoms with E-state index in [0.29, 0.717) is 38.4 Å². The van der Waals surface area contributed by atoms with E-state index in [1.165, 1.54) is 7.11 Å². The van der Waals surface area contributed by atoms with Crippen LogP contribution in [-0.4, -0.2) is 53.4 Å². The molecule has 2 rings (SSSR count). The molecule has 0 amide bonds. The Kier molecular flexibility index (Phi) is 13.4. The maximum atomic E-state index is 12.3. The number of carbonyl (C=O) groups is 1. The fraction of sp³-hybridized carbons (Fsp3) is 0.393. The lowest BCUT2D eigenvalue weighted by Crippen LogP contribution is -2.16. The van der Waals surface area contributed by atoms with Crippen LogP contribution >= 0.6 is 0 Å². The third kappa shape index (κ3) is 10.0. The smallest absolute Gasteiger partial charge is 0.336 e. The highest BCUT2D eigenvalue weighted by atomic mass is 16.7. The van der Waals surface area contributed by atoms with Crippen molar-refractivity contribution >= 4 is 5.97 Å². The van der Waals surface area contributed by atoms with Crippen LogP contribution in [0, 0.1) is 0 Å². The molecule has 0 saturated carbocycles. The quantitative estimate of drug-likeness (QED) is 0.0951. The molecule has 2 unspecified atom stereocenters. The average Bonchev–Trinajstić information content (AvgIpc) is 2.89. The van der Waals surface area contributed by atoms with Crippen LogP contribution in [0.2, 0.25) is 0 Å². The van der Waals surface area contributed by atoms with E-state index in [4.69, 9.17) is 28.4 Å². The summed E-state index contributed by atoms with van der Waals surface area (Å²) in [6.07, 6.45) is 0.433. The zero-order chi connectivity index (χ0) is 25.3. The molecule has 0 aliphatic carbocycles. The van der Waals surface area contributed by atoms with Crippen LogP contribution in [0.3, 0.4) is 0 Å².